The van der Waals surface area contributed by atoms with Crippen LogP contribution < -0.4 is 4.74 Å². The largest absolute Gasteiger partial charge is 0.497 e. The van der Waals surface area contributed by atoms with Gasteiger partial charge in [-0.2, -0.15) is 0 Å². The first-order valence-electron chi connectivity index (χ1n) is 7.33. The fraction of sp³-hybridized carbons (Fsp3) is 0.150. The summed E-state index contributed by atoms with van der Waals surface area (Å²) in [6.45, 7) is 1.65. The number of methoxy groups -OCH3 is 1. The van der Waals surface area contributed by atoms with Crippen LogP contribution in [0.15, 0.2) is 60.8 Å². The SMILES string of the molecule is COc1ccc2cc(C#CC(C)(O)c3ccccn3)ccc2c1. The molecule has 0 aliphatic heterocycles. The molecule has 3 aromatic rings. The Balaban J connectivity index is 1.93. The van der Waals surface area contributed by atoms with Crippen LogP contribution in [0.25, 0.3) is 10.8 Å². The van der Waals surface area contributed by atoms with Gasteiger partial charge in [-0.25, -0.2) is 0 Å². The van der Waals surface area contributed by atoms with Crippen molar-refractivity contribution in [3.63, 3.8) is 0 Å². The number of nitrogens with zero attached hydrogens (tertiary/aromatic N) is 1. The smallest absolute Gasteiger partial charge is 0.165 e. The lowest BCUT2D eigenvalue weighted by atomic mass is 10.0. The van der Waals surface area contributed by atoms with Crippen LogP contribution in [-0.4, -0.2) is 17.2 Å². The number of rotatable bonds is 2. The number of aliphatic hydroxyl groups is 1. The van der Waals surface area contributed by atoms with Crippen LogP contribution >= 0.6 is 0 Å². The second-order valence-electron chi connectivity index (χ2n) is 5.47. The summed E-state index contributed by atoms with van der Waals surface area (Å²) in [5.74, 6) is 6.76. The maximum atomic E-state index is 10.5. The Morgan fingerprint density at radius 3 is 2.57 bits per heavy atom. The van der Waals surface area contributed by atoms with Crippen LogP contribution in [0.1, 0.15) is 18.2 Å². The number of pyridine rings is 1. The molecule has 0 aliphatic rings. The molecule has 0 aliphatic carbocycles. The standard InChI is InChI=1S/C20H17NO2/c1-20(22,19-5-3-4-12-21-19)11-10-15-6-7-17-14-18(23-2)9-8-16(17)13-15/h3-9,12-14,22H,1-2H3. The molecule has 114 valence electrons. The third kappa shape index (κ3) is 3.33. The van der Waals surface area contributed by atoms with Crippen LogP contribution in [-0.2, 0) is 5.60 Å². The molecule has 3 rings (SSSR count). The summed E-state index contributed by atoms with van der Waals surface area (Å²) in [7, 11) is 1.65. The summed E-state index contributed by atoms with van der Waals surface area (Å²) in [4.78, 5) is 4.17. The lowest BCUT2D eigenvalue weighted by molar-refractivity contribution is 0.117. The van der Waals surface area contributed by atoms with E-state index >= 15 is 0 Å². The van der Waals surface area contributed by atoms with Gasteiger partial charge in [0.05, 0.1) is 12.8 Å². The fourth-order valence-electron chi connectivity index (χ4n) is 2.34. The van der Waals surface area contributed by atoms with Gasteiger partial charge in [0.15, 0.2) is 5.60 Å². The lowest BCUT2D eigenvalue weighted by Gasteiger charge is -2.14. The number of fused-ring (bicyclic) bond motifs is 1. The van der Waals surface area contributed by atoms with E-state index in [1.165, 1.54) is 0 Å². The van der Waals surface area contributed by atoms with E-state index in [0.29, 0.717) is 5.69 Å². The predicted octanol–water partition coefficient (Wildman–Crippen LogP) is 3.50. The van der Waals surface area contributed by atoms with E-state index in [4.69, 9.17) is 4.74 Å². The van der Waals surface area contributed by atoms with Crippen molar-refractivity contribution in [1.29, 1.82) is 0 Å². The van der Waals surface area contributed by atoms with Crippen molar-refractivity contribution in [2.24, 2.45) is 0 Å². The number of benzene rings is 2. The first-order valence-corrected chi connectivity index (χ1v) is 7.33. The maximum absolute atomic E-state index is 10.5. The number of ether oxygens (including phenoxy) is 1. The second kappa shape index (κ2) is 6.12. The van der Waals surface area contributed by atoms with Crippen molar-refractivity contribution in [2.75, 3.05) is 7.11 Å². The molecule has 0 radical (unpaired) electrons. The van der Waals surface area contributed by atoms with Gasteiger partial charge < -0.3 is 9.84 Å². The minimum absolute atomic E-state index is 0.540. The summed E-state index contributed by atoms with van der Waals surface area (Å²) >= 11 is 0. The molecule has 0 fully saturated rings. The first kappa shape index (κ1) is 15.1. The number of hydrogen-bond acceptors (Lipinski definition) is 3. The van der Waals surface area contributed by atoms with E-state index < -0.39 is 5.60 Å². The van der Waals surface area contributed by atoms with Gasteiger partial charge in [-0.3, -0.25) is 4.98 Å². The molecule has 0 bridgehead atoms. The van der Waals surface area contributed by atoms with Crippen molar-refractivity contribution in [3.8, 4) is 17.6 Å². The number of aromatic nitrogens is 1. The molecular weight excluding hydrogens is 286 g/mol. The van der Waals surface area contributed by atoms with Gasteiger partial charge in [0.2, 0.25) is 0 Å². The molecule has 0 spiro atoms. The molecule has 0 amide bonds. The van der Waals surface area contributed by atoms with Crippen LogP contribution in [0.4, 0.5) is 0 Å². The summed E-state index contributed by atoms with van der Waals surface area (Å²) in [5.41, 5.74) is 0.104. The van der Waals surface area contributed by atoms with Gasteiger partial charge >= 0.3 is 0 Å². The minimum atomic E-state index is -1.28. The van der Waals surface area contributed by atoms with E-state index in [1.54, 1.807) is 26.3 Å². The average molecular weight is 303 g/mol. The lowest BCUT2D eigenvalue weighted by Crippen LogP contribution is -2.19. The molecule has 1 aromatic heterocycles. The van der Waals surface area contributed by atoms with Crippen molar-refractivity contribution >= 4 is 10.8 Å². The molecule has 2 aromatic carbocycles. The van der Waals surface area contributed by atoms with Gasteiger partial charge in [-0.05, 0) is 54.1 Å². The molecule has 3 nitrogen and oxygen atoms in total. The van der Waals surface area contributed by atoms with Gasteiger partial charge in [-0.1, -0.05) is 30.0 Å². The molecular formula is C20H17NO2. The fourth-order valence-corrected chi connectivity index (χ4v) is 2.34. The maximum Gasteiger partial charge on any atom is 0.165 e. The highest BCUT2D eigenvalue weighted by Gasteiger charge is 2.20. The minimum Gasteiger partial charge on any atom is -0.497 e. The summed E-state index contributed by atoms with van der Waals surface area (Å²) < 4.78 is 5.23. The van der Waals surface area contributed by atoms with Gasteiger partial charge in [0.1, 0.15) is 5.75 Å². The molecule has 1 unspecified atom stereocenters. The zero-order chi connectivity index (χ0) is 16.3. The third-order valence-corrected chi connectivity index (χ3v) is 3.66. The Hall–Kier alpha value is -2.83. The topological polar surface area (TPSA) is 42.4 Å². The molecule has 0 saturated heterocycles. The molecule has 1 atom stereocenters. The van der Waals surface area contributed by atoms with Gasteiger partial charge in [0.25, 0.3) is 0 Å². The number of hydrogen-bond donors (Lipinski definition) is 1. The van der Waals surface area contributed by atoms with E-state index in [0.717, 1.165) is 22.1 Å². The summed E-state index contributed by atoms with van der Waals surface area (Å²) in [5, 5.41) is 12.6. The van der Waals surface area contributed by atoms with Crippen LogP contribution in [0.2, 0.25) is 0 Å². The first-order chi connectivity index (χ1) is 11.1. The Bertz CT molecular complexity index is 890. The second-order valence-corrected chi connectivity index (χ2v) is 5.47. The van der Waals surface area contributed by atoms with Crippen molar-refractivity contribution in [2.45, 2.75) is 12.5 Å². The van der Waals surface area contributed by atoms with E-state index in [9.17, 15) is 5.11 Å². The van der Waals surface area contributed by atoms with Crippen LogP contribution in [0, 0.1) is 11.8 Å². The monoisotopic (exact) mass is 303 g/mol. The Morgan fingerprint density at radius 1 is 1.04 bits per heavy atom. The van der Waals surface area contributed by atoms with Crippen LogP contribution in [0.3, 0.4) is 0 Å². The van der Waals surface area contributed by atoms with Crippen molar-refractivity contribution in [1.82, 2.24) is 4.98 Å². The molecule has 1 heterocycles. The highest BCUT2D eigenvalue weighted by Crippen LogP contribution is 2.22. The highest BCUT2D eigenvalue weighted by molar-refractivity contribution is 5.85. The Morgan fingerprint density at radius 2 is 1.83 bits per heavy atom. The highest BCUT2D eigenvalue weighted by atomic mass is 16.5. The van der Waals surface area contributed by atoms with E-state index in [1.807, 2.05) is 48.5 Å². The third-order valence-electron chi connectivity index (χ3n) is 3.66. The quantitative estimate of drug-likeness (QED) is 0.737. The normalized spacial score (nSPS) is 13.0. The van der Waals surface area contributed by atoms with Gasteiger partial charge in [0, 0.05) is 11.8 Å². The molecule has 3 heteroatoms. The molecule has 0 saturated carbocycles. The van der Waals surface area contributed by atoms with Gasteiger partial charge in [-0.15, -0.1) is 0 Å². The van der Waals surface area contributed by atoms with E-state index in [-0.39, 0.29) is 0 Å². The van der Waals surface area contributed by atoms with E-state index in [2.05, 4.69) is 16.8 Å². The average Bonchev–Trinajstić information content (AvgIpc) is 2.60. The Labute approximate surface area is 135 Å². The molecule has 1 N–H and O–H groups in total. The zero-order valence-corrected chi connectivity index (χ0v) is 13.1. The van der Waals surface area contributed by atoms with Crippen molar-refractivity contribution in [3.05, 3.63) is 72.1 Å². The summed E-state index contributed by atoms with van der Waals surface area (Å²) in [6, 6.07) is 17.2. The van der Waals surface area contributed by atoms with Crippen LogP contribution in [0.5, 0.6) is 5.75 Å². The summed E-state index contributed by atoms with van der Waals surface area (Å²) in [6.07, 6.45) is 1.65. The molecule has 23 heavy (non-hydrogen) atoms. The predicted molar refractivity (Wildman–Crippen MR) is 91.2 cm³/mol. The zero-order valence-electron chi connectivity index (χ0n) is 13.1. The Kier molecular flexibility index (Phi) is 4.01. The van der Waals surface area contributed by atoms with Crippen molar-refractivity contribution < 1.29 is 9.84 Å².